The zero-order valence-electron chi connectivity index (χ0n) is 17.0. The Bertz CT molecular complexity index is 1010. The molecule has 0 saturated carbocycles. The molecule has 1 aliphatic heterocycles. The molecule has 156 valence electrons. The summed E-state index contributed by atoms with van der Waals surface area (Å²) >= 11 is 1.43. The quantitative estimate of drug-likeness (QED) is 0.667. The van der Waals surface area contributed by atoms with E-state index in [1.807, 2.05) is 36.7 Å². The molecule has 5 nitrogen and oxygen atoms in total. The van der Waals surface area contributed by atoms with Crippen LogP contribution in [0.2, 0.25) is 0 Å². The highest BCUT2D eigenvalue weighted by atomic mass is 32.1. The van der Waals surface area contributed by atoms with Gasteiger partial charge in [-0.2, -0.15) is 0 Å². The fourth-order valence-corrected chi connectivity index (χ4v) is 4.37. The minimum atomic E-state index is -0.254. The maximum Gasteiger partial charge on any atom is 0.261 e. The Morgan fingerprint density at radius 3 is 2.73 bits per heavy atom. The zero-order chi connectivity index (χ0) is 21.1. The number of amides is 1. The topological polar surface area (TPSA) is 44.8 Å². The standard InChI is InChI=1S/C23H24FN3O2S/c1-26-19(13-25-23(28)22-4-3-11-30-22)15-27(18-8-6-17(24)7-9-18)14-16-5-10-20(29-2)12-21(16)26/h3-12,19H,13-15H2,1-2H3,(H,25,28). The van der Waals surface area contributed by atoms with Gasteiger partial charge in [-0.25, -0.2) is 4.39 Å². The number of ether oxygens (including phenoxy) is 1. The summed E-state index contributed by atoms with van der Waals surface area (Å²) in [5, 5.41) is 4.96. The minimum Gasteiger partial charge on any atom is -0.497 e. The van der Waals surface area contributed by atoms with Crippen molar-refractivity contribution in [3.63, 3.8) is 0 Å². The van der Waals surface area contributed by atoms with Gasteiger partial charge in [0.2, 0.25) is 0 Å². The van der Waals surface area contributed by atoms with E-state index in [2.05, 4.69) is 21.2 Å². The van der Waals surface area contributed by atoms with Crippen molar-refractivity contribution in [3.05, 3.63) is 76.2 Å². The first-order chi connectivity index (χ1) is 14.5. The minimum absolute atomic E-state index is 0.0207. The largest absolute Gasteiger partial charge is 0.497 e. The van der Waals surface area contributed by atoms with Crippen molar-refractivity contribution in [1.82, 2.24) is 5.32 Å². The van der Waals surface area contributed by atoms with E-state index in [0.29, 0.717) is 24.5 Å². The Labute approximate surface area is 179 Å². The Hall–Kier alpha value is -3.06. The lowest BCUT2D eigenvalue weighted by atomic mass is 10.1. The van der Waals surface area contributed by atoms with Crippen LogP contribution in [0.25, 0.3) is 0 Å². The van der Waals surface area contributed by atoms with Crippen molar-refractivity contribution < 1.29 is 13.9 Å². The van der Waals surface area contributed by atoms with Gasteiger partial charge in [0.25, 0.3) is 5.91 Å². The van der Waals surface area contributed by atoms with E-state index in [0.717, 1.165) is 22.7 Å². The first-order valence-corrected chi connectivity index (χ1v) is 10.6. The van der Waals surface area contributed by atoms with Gasteiger partial charge in [0.15, 0.2) is 0 Å². The van der Waals surface area contributed by atoms with Gasteiger partial charge in [0, 0.05) is 44.1 Å². The van der Waals surface area contributed by atoms with Crippen molar-refractivity contribution >= 4 is 28.6 Å². The van der Waals surface area contributed by atoms with Gasteiger partial charge in [-0.3, -0.25) is 4.79 Å². The van der Waals surface area contributed by atoms with Gasteiger partial charge in [-0.1, -0.05) is 12.1 Å². The molecule has 1 unspecified atom stereocenters. The molecule has 2 aromatic carbocycles. The Balaban J connectivity index is 1.62. The third-order valence-corrected chi connectivity index (χ3v) is 6.32. The second kappa shape index (κ2) is 8.75. The van der Waals surface area contributed by atoms with Crippen molar-refractivity contribution in [1.29, 1.82) is 0 Å². The lowest BCUT2D eigenvalue weighted by Crippen LogP contribution is -2.47. The predicted molar refractivity (Wildman–Crippen MR) is 119 cm³/mol. The average Bonchev–Trinajstić information content (AvgIpc) is 3.26. The lowest BCUT2D eigenvalue weighted by molar-refractivity contribution is 0.0955. The molecule has 1 atom stereocenters. The summed E-state index contributed by atoms with van der Waals surface area (Å²) in [6.45, 7) is 1.86. The number of hydrogen-bond donors (Lipinski definition) is 1. The van der Waals surface area contributed by atoms with E-state index in [9.17, 15) is 9.18 Å². The maximum absolute atomic E-state index is 13.5. The Morgan fingerprint density at radius 1 is 1.23 bits per heavy atom. The molecule has 1 aromatic heterocycles. The molecule has 0 bridgehead atoms. The molecule has 0 aliphatic carbocycles. The number of benzene rings is 2. The molecular formula is C23H24FN3O2S. The normalized spacial score (nSPS) is 16.0. The predicted octanol–water partition coefficient (Wildman–Crippen LogP) is 4.15. The van der Waals surface area contributed by atoms with Gasteiger partial charge in [0.05, 0.1) is 18.0 Å². The molecule has 0 radical (unpaired) electrons. The van der Waals surface area contributed by atoms with E-state index in [-0.39, 0.29) is 17.8 Å². The van der Waals surface area contributed by atoms with Gasteiger partial charge in [-0.05, 0) is 47.3 Å². The second-order valence-electron chi connectivity index (χ2n) is 7.30. The number of anilines is 2. The average molecular weight is 426 g/mol. The van der Waals surface area contributed by atoms with Crippen LogP contribution in [0.3, 0.4) is 0 Å². The van der Waals surface area contributed by atoms with Crippen molar-refractivity contribution in [2.24, 2.45) is 0 Å². The lowest BCUT2D eigenvalue weighted by Gasteiger charge is -2.32. The van der Waals surface area contributed by atoms with Gasteiger partial charge >= 0.3 is 0 Å². The van der Waals surface area contributed by atoms with E-state index in [4.69, 9.17) is 4.74 Å². The number of carbonyl (C=O) groups excluding carboxylic acids is 1. The molecule has 0 saturated heterocycles. The summed E-state index contributed by atoms with van der Waals surface area (Å²) in [4.78, 5) is 17.6. The van der Waals surface area contributed by atoms with Crippen LogP contribution in [-0.4, -0.2) is 39.2 Å². The third-order valence-electron chi connectivity index (χ3n) is 5.45. The smallest absolute Gasteiger partial charge is 0.261 e. The fourth-order valence-electron chi connectivity index (χ4n) is 3.73. The number of methoxy groups -OCH3 is 1. The van der Waals surface area contributed by atoms with Crippen LogP contribution < -0.4 is 19.9 Å². The number of halogens is 1. The van der Waals surface area contributed by atoms with Gasteiger partial charge in [-0.15, -0.1) is 11.3 Å². The number of carbonyl (C=O) groups is 1. The molecule has 2 heterocycles. The van der Waals surface area contributed by atoms with Crippen molar-refractivity contribution in [3.8, 4) is 5.75 Å². The summed E-state index contributed by atoms with van der Waals surface area (Å²) in [5.41, 5.74) is 3.16. The SMILES string of the molecule is COc1ccc2c(c1)N(C)C(CNC(=O)c1cccs1)CN(c1ccc(F)cc1)C2. The summed E-state index contributed by atoms with van der Waals surface area (Å²) in [5.74, 6) is 0.467. The highest BCUT2D eigenvalue weighted by Gasteiger charge is 2.27. The van der Waals surface area contributed by atoms with Crippen LogP contribution in [0.15, 0.2) is 60.0 Å². The van der Waals surface area contributed by atoms with Crippen molar-refractivity contribution in [2.45, 2.75) is 12.6 Å². The summed E-state index contributed by atoms with van der Waals surface area (Å²) in [6.07, 6.45) is 0. The van der Waals surface area contributed by atoms with Crippen LogP contribution >= 0.6 is 11.3 Å². The molecule has 3 aromatic rings. The number of fused-ring (bicyclic) bond motifs is 1. The van der Waals surface area contributed by atoms with Gasteiger partial charge < -0.3 is 19.9 Å². The van der Waals surface area contributed by atoms with E-state index < -0.39 is 0 Å². The molecule has 30 heavy (non-hydrogen) atoms. The number of hydrogen-bond acceptors (Lipinski definition) is 5. The van der Waals surface area contributed by atoms with Crippen LogP contribution in [0, 0.1) is 5.82 Å². The molecule has 0 spiro atoms. The maximum atomic E-state index is 13.5. The molecule has 1 N–H and O–H groups in total. The Morgan fingerprint density at radius 2 is 2.03 bits per heavy atom. The summed E-state index contributed by atoms with van der Waals surface area (Å²) in [7, 11) is 3.69. The second-order valence-corrected chi connectivity index (χ2v) is 8.25. The highest BCUT2D eigenvalue weighted by Crippen LogP contribution is 2.32. The van der Waals surface area contributed by atoms with Crippen LogP contribution in [-0.2, 0) is 6.54 Å². The first kappa shape index (κ1) is 20.2. The molecule has 1 aliphatic rings. The molecule has 7 heteroatoms. The molecule has 1 amide bonds. The summed E-state index contributed by atoms with van der Waals surface area (Å²) < 4.78 is 18.9. The van der Waals surface area contributed by atoms with E-state index in [1.165, 1.54) is 23.5 Å². The van der Waals surface area contributed by atoms with E-state index in [1.54, 1.807) is 19.2 Å². The van der Waals surface area contributed by atoms with Crippen LogP contribution in [0.1, 0.15) is 15.2 Å². The number of nitrogens with one attached hydrogen (secondary N) is 1. The number of thiophene rings is 1. The molecular weight excluding hydrogens is 401 g/mol. The van der Waals surface area contributed by atoms with E-state index >= 15 is 0 Å². The van der Waals surface area contributed by atoms with Crippen molar-refractivity contribution in [2.75, 3.05) is 37.0 Å². The Kier molecular flexibility index (Phi) is 5.90. The number of nitrogens with zero attached hydrogens (tertiary/aromatic N) is 2. The third kappa shape index (κ3) is 4.26. The highest BCUT2D eigenvalue weighted by molar-refractivity contribution is 7.12. The summed E-state index contributed by atoms with van der Waals surface area (Å²) in [6, 6.07) is 16.3. The van der Waals surface area contributed by atoms with Gasteiger partial charge in [0.1, 0.15) is 11.6 Å². The van der Waals surface area contributed by atoms with Crippen LogP contribution in [0.4, 0.5) is 15.8 Å². The van der Waals surface area contributed by atoms with Crippen LogP contribution in [0.5, 0.6) is 5.75 Å². The first-order valence-electron chi connectivity index (χ1n) is 9.77. The number of rotatable bonds is 5. The number of likely N-dealkylation sites (N-methyl/N-ethyl adjacent to an activating group) is 1. The monoisotopic (exact) mass is 425 g/mol. The molecule has 0 fully saturated rings. The fraction of sp³-hybridized carbons (Fsp3) is 0.261. The zero-order valence-corrected chi connectivity index (χ0v) is 17.8. The molecule has 4 rings (SSSR count).